The van der Waals surface area contributed by atoms with E-state index in [0.717, 1.165) is 13.0 Å². The number of anilines is 3. The lowest BCUT2D eigenvalue weighted by Crippen LogP contribution is -2.32. The Morgan fingerprint density at radius 3 is 2.43 bits per heavy atom. The quantitative estimate of drug-likeness (QED) is 0.634. The summed E-state index contributed by atoms with van der Waals surface area (Å²) in [6, 6.07) is 0. The minimum atomic E-state index is 0.0322. The monoisotopic (exact) mass is 298 g/mol. The lowest BCUT2D eigenvalue weighted by molar-refractivity contribution is 0.202. The number of hydrogen-bond acceptors (Lipinski definition) is 8. The van der Waals surface area contributed by atoms with Crippen LogP contribution in [0.2, 0.25) is 0 Å². The van der Waals surface area contributed by atoms with E-state index in [0.29, 0.717) is 37.5 Å². The highest BCUT2D eigenvalue weighted by Crippen LogP contribution is 2.15. The summed E-state index contributed by atoms with van der Waals surface area (Å²) in [6.45, 7) is 4.52. The maximum atomic E-state index is 9.21. The zero-order valence-corrected chi connectivity index (χ0v) is 13.3. The van der Waals surface area contributed by atoms with E-state index < -0.39 is 0 Å². The number of hydrogen-bond donors (Lipinski definition) is 2. The first-order valence-electron chi connectivity index (χ1n) is 7.14. The molecule has 0 amide bonds. The molecular weight excluding hydrogens is 272 g/mol. The predicted molar refractivity (Wildman–Crippen MR) is 84.1 cm³/mol. The van der Waals surface area contributed by atoms with Gasteiger partial charge in [-0.1, -0.05) is 6.92 Å². The molecule has 8 nitrogen and oxygen atoms in total. The average molecular weight is 298 g/mol. The number of aromatic nitrogens is 3. The first-order chi connectivity index (χ1) is 10.1. The van der Waals surface area contributed by atoms with Gasteiger partial charge in [-0.25, -0.2) is 0 Å². The highest BCUT2D eigenvalue weighted by molar-refractivity contribution is 5.44. The molecule has 2 N–H and O–H groups in total. The van der Waals surface area contributed by atoms with Crippen molar-refractivity contribution in [3.8, 4) is 0 Å². The molecule has 1 aromatic heterocycles. The fourth-order valence-electron chi connectivity index (χ4n) is 1.65. The third-order valence-corrected chi connectivity index (χ3v) is 2.76. The van der Waals surface area contributed by atoms with Gasteiger partial charge in [0.25, 0.3) is 0 Å². The minimum absolute atomic E-state index is 0.0322. The molecule has 1 heterocycles. The summed E-state index contributed by atoms with van der Waals surface area (Å²) >= 11 is 0. The van der Waals surface area contributed by atoms with E-state index in [1.165, 1.54) is 0 Å². The molecule has 0 spiro atoms. The number of aliphatic hydroxyl groups is 1. The first kappa shape index (κ1) is 17.4. The standard InChI is InChI=1S/C13H26N6O2/c1-5-6-14-11-15-12(18(2)3)17-13(16-11)19(7-9-20)8-10-21-4/h20H,5-10H2,1-4H3,(H,14,15,16,17). The number of rotatable bonds is 10. The van der Waals surface area contributed by atoms with Gasteiger partial charge in [-0.05, 0) is 6.42 Å². The SMILES string of the molecule is CCCNc1nc(N(C)C)nc(N(CCO)CCOC)n1. The van der Waals surface area contributed by atoms with Gasteiger partial charge in [0.1, 0.15) is 0 Å². The van der Waals surface area contributed by atoms with Gasteiger partial charge in [0, 0.05) is 40.8 Å². The van der Waals surface area contributed by atoms with E-state index in [1.54, 1.807) is 7.11 Å². The van der Waals surface area contributed by atoms with Crippen LogP contribution in [0.5, 0.6) is 0 Å². The first-order valence-corrected chi connectivity index (χ1v) is 7.14. The second-order valence-corrected chi connectivity index (χ2v) is 4.78. The molecule has 8 heteroatoms. The van der Waals surface area contributed by atoms with Crippen molar-refractivity contribution in [3.05, 3.63) is 0 Å². The molecule has 0 saturated heterocycles. The lowest BCUT2D eigenvalue weighted by Gasteiger charge is -2.23. The van der Waals surface area contributed by atoms with Crippen LogP contribution in [0.4, 0.5) is 17.8 Å². The van der Waals surface area contributed by atoms with E-state index in [2.05, 4.69) is 27.2 Å². The largest absolute Gasteiger partial charge is 0.395 e. The zero-order valence-electron chi connectivity index (χ0n) is 13.3. The minimum Gasteiger partial charge on any atom is -0.395 e. The van der Waals surface area contributed by atoms with Crippen molar-refractivity contribution >= 4 is 17.8 Å². The Balaban J connectivity index is 3.02. The summed E-state index contributed by atoms with van der Waals surface area (Å²) in [5, 5.41) is 12.4. The fourth-order valence-corrected chi connectivity index (χ4v) is 1.65. The molecule has 0 saturated carbocycles. The molecular formula is C13H26N6O2. The molecule has 0 bridgehead atoms. The summed E-state index contributed by atoms with van der Waals surface area (Å²) in [7, 11) is 5.41. The third-order valence-electron chi connectivity index (χ3n) is 2.76. The summed E-state index contributed by atoms with van der Waals surface area (Å²) in [4.78, 5) is 16.9. The van der Waals surface area contributed by atoms with Gasteiger partial charge in [0.2, 0.25) is 17.8 Å². The van der Waals surface area contributed by atoms with E-state index in [4.69, 9.17) is 4.74 Å². The predicted octanol–water partition coefficient (Wildman–Crippen LogP) is 0.205. The van der Waals surface area contributed by atoms with Crippen molar-refractivity contribution in [2.24, 2.45) is 0 Å². The van der Waals surface area contributed by atoms with Crippen LogP contribution in [-0.4, -0.2) is 74.1 Å². The van der Waals surface area contributed by atoms with Gasteiger partial charge >= 0.3 is 0 Å². The normalized spacial score (nSPS) is 10.5. The Morgan fingerprint density at radius 1 is 1.14 bits per heavy atom. The molecule has 120 valence electrons. The molecule has 0 radical (unpaired) electrons. The van der Waals surface area contributed by atoms with Crippen LogP contribution in [0.3, 0.4) is 0 Å². The topological polar surface area (TPSA) is 86.6 Å². The number of nitrogens with one attached hydrogen (secondary N) is 1. The van der Waals surface area contributed by atoms with Crippen molar-refractivity contribution in [2.75, 3.05) is 69.2 Å². The van der Waals surface area contributed by atoms with Gasteiger partial charge in [-0.3, -0.25) is 0 Å². The van der Waals surface area contributed by atoms with Crippen molar-refractivity contribution in [1.29, 1.82) is 0 Å². The maximum absolute atomic E-state index is 9.21. The van der Waals surface area contributed by atoms with Crippen LogP contribution in [0.15, 0.2) is 0 Å². The van der Waals surface area contributed by atoms with Crippen molar-refractivity contribution < 1.29 is 9.84 Å². The number of aliphatic hydroxyl groups excluding tert-OH is 1. The Morgan fingerprint density at radius 2 is 1.86 bits per heavy atom. The van der Waals surface area contributed by atoms with Gasteiger partial charge in [-0.2, -0.15) is 15.0 Å². The molecule has 21 heavy (non-hydrogen) atoms. The molecule has 1 aromatic rings. The second kappa shape index (κ2) is 9.30. The molecule has 0 aliphatic carbocycles. The van der Waals surface area contributed by atoms with Crippen LogP contribution >= 0.6 is 0 Å². The molecule has 1 rings (SSSR count). The summed E-state index contributed by atoms with van der Waals surface area (Å²) < 4.78 is 5.09. The van der Waals surface area contributed by atoms with Crippen LogP contribution < -0.4 is 15.1 Å². The lowest BCUT2D eigenvalue weighted by atomic mass is 10.5. The van der Waals surface area contributed by atoms with Crippen LogP contribution in [0.1, 0.15) is 13.3 Å². The van der Waals surface area contributed by atoms with Crippen molar-refractivity contribution in [1.82, 2.24) is 15.0 Å². The summed E-state index contributed by atoms with van der Waals surface area (Å²) in [6.07, 6.45) is 0.988. The smallest absolute Gasteiger partial charge is 0.232 e. The second-order valence-electron chi connectivity index (χ2n) is 4.78. The van der Waals surface area contributed by atoms with Gasteiger partial charge in [0.05, 0.1) is 13.2 Å². The molecule has 0 fully saturated rings. The fraction of sp³-hybridized carbons (Fsp3) is 0.769. The highest BCUT2D eigenvalue weighted by atomic mass is 16.5. The Bertz CT molecular complexity index is 416. The highest BCUT2D eigenvalue weighted by Gasteiger charge is 2.14. The Kier molecular flexibility index (Phi) is 7.70. The third kappa shape index (κ3) is 5.68. The summed E-state index contributed by atoms with van der Waals surface area (Å²) in [5.74, 6) is 1.67. The molecule has 0 atom stereocenters. The number of nitrogens with zero attached hydrogens (tertiary/aromatic N) is 5. The Hall–Kier alpha value is -1.67. The van der Waals surface area contributed by atoms with E-state index in [-0.39, 0.29) is 6.61 Å². The van der Waals surface area contributed by atoms with E-state index >= 15 is 0 Å². The molecule has 0 aliphatic heterocycles. The number of ether oxygens (including phenoxy) is 1. The average Bonchev–Trinajstić information content (AvgIpc) is 2.49. The van der Waals surface area contributed by atoms with Crippen molar-refractivity contribution in [2.45, 2.75) is 13.3 Å². The number of methoxy groups -OCH3 is 1. The van der Waals surface area contributed by atoms with Gasteiger partial charge in [-0.15, -0.1) is 0 Å². The Labute approximate surface area is 126 Å². The van der Waals surface area contributed by atoms with Crippen molar-refractivity contribution in [3.63, 3.8) is 0 Å². The zero-order chi connectivity index (χ0) is 15.7. The maximum Gasteiger partial charge on any atom is 0.232 e. The molecule has 0 aliphatic rings. The molecule has 0 unspecified atom stereocenters. The van der Waals surface area contributed by atoms with Crippen LogP contribution in [0.25, 0.3) is 0 Å². The van der Waals surface area contributed by atoms with Gasteiger partial charge in [0.15, 0.2) is 0 Å². The van der Waals surface area contributed by atoms with Gasteiger partial charge < -0.3 is 25.0 Å². The summed E-state index contributed by atoms with van der Waals surface area (Å²) in [5.41, 5.74) is 0. The van der Waals surface area contributed by atoms with Crippen LogP contribution in [-0.2, 0) is 4.74 Å². The van der Waals surface area contributed by atoms with E-state index in [9.17, 15) is 5.11 Å². The molecule has 0 aromatic carbocycles. The van der Waals surface area contributed by atoms with E-state index in [1.807, 2.05) is 23.9 Å². The van der Waals surface area contributed by atoms with Crippen LogP contribution in [0, 0.1) is 0 Å².